The Morgan fingerprint density at radius 1 is 1.14 bits per heavy atom. The van der Waals surface area contributed by atoms with Crippen molar-refractivity contribution in [2.75, 3.05) is 26.2 Å². The second kappa shape index (κ2) is 7.03. The number of amides is 1. The number of rotatable bonds is 1. The molecule has 2 heterocycles. The molecule has 0 aromatic carbocycles. The second-order valence-corrected chi connectivity index (χ2v) is 2.92. The second-order valence-electron chi connectivity index (χ2n) is 2.92. The number of nitrogens with one attached hydrogen (secondary N) is 1. The molecule has 0 radical (unpaired) electrons. The summed E-state index contributed by atoms with van der Waals surface area (Å²) in [6.45, 7) is 3.62. The Labute approximate surface area is 83.9 Å². The molecule has 0 unspecified atom stereocenters. The average Bonchev–Trinajstić information content (AvgIpc) is 2.33. The first-order valence-electron chi connectivity index (χ1n) is 4.68. The van der Waals surface area contributed by atoms with Crippen molar-refractivity contribution in [3.63, 3.8) is 0 Å². The lowest BCUT2D eigenvalue weighted by molar-refractivity contribution is -0.118. The molecule has 14 heavy (non-hydrogen) atoms. The van der Waals surface area contributed by atoms with Gasteiger partial charge in [0.25, 0.3) is 0 Å². The smallest absolute Gasteiger partial charge is 0.209 e. The van der Waals surface area contributed by atoms with E-state index < -0.39 is 0 Å². The largest absolute Gasteiger partial charge is 0.343 e. The fraction of sp³-hybridized carbons (Fsp3) is 0.400. The van der Waals surface area contributed by atoms with Crippen molar-refractivity contribution in [2.24, 2.45) is 0 Å². The Kier molecular flexibility index (Phi) is 5.35. The van der Waals surface area contributed by atoms with E-state index >= 15 is 0 Å². The quantitative estimate of drug-likeness (QED) is 0.645. The molecule has 4 nitrogen and oxygen atoms in total. The minimum Gasteiger partial charge on any atom is -0.343 e. The lowest BCUT2D eigenvalue weighted by Gasteiger charge is -2.22. The van der Waals surface area contributed by atoms with Crippen LogP contribution in [-0.4, -0.2) is 42.5 Å². The summed E-state index contributed by atoms with van der Waals surface area (Å²) in [5.41, 5.74) is 0. The molecule has 0 saturated carbocycles. The van der Waals surface area contributed by atoms with E-state index in [2.05, 4.69) is 10.3 Å². The molecule has 1 saturated heterocycles. The molecule has 1 N–H and O–H groups in total. The third kappa shape index (κ3) is 4.57. The van der Waals surface area contributed by atoms with Gasteiger partial charge in [-0.05, 0) is 12.1 Å². The Morgan fingerprint density at radius 2 is 1.79 bits per heavy atom. The lowest BCUT2D eigenvalue weighted by Crippen LogP contribution is -2.42. The summed E-state index contributed by atoms with van der Waals surface area (Å²) in [5.74, 6) is 0. The van der Waals surface area contributed by atoms with E-state index in [1.54, 1.807) is 17.3 Å². The van der Waals surface area contributed by atoms with Crippen molar-refractivity contribution in [3.05, 3.63) is 30.6 Å². The Morgan fingerprint density at radius 3 is 2.07 bits per heavy atom. The van der Waals surface area contributed by atoms with E-state index in [4.69, 9.17) is 0 Å². The maximum atomic E-state index is 10.1. The molecular weight excluding hydrogens is 178 g/mol. The highest BCUT2D eigenvalue weighted by Crippen LogP contribution is 1.84. The summed E-state index contributed by atoms with van der Waals surface area (Å²) in [6.07, 6.45) is 4.40. The fourth-order valence-corrected chi connectivity index (χ4v) is 1.10. The molecule has 1 fully saturated rings. The number of carbonyl (C=O) groups excluding carboxylic acids is 1. The molecule has 1 aliphatic rings. The van der Waals surface area contributed by atoms with Gasteiger partial charge >= 0.3 is 0 Å². The van der Waals surface area contributed by atoms with Gasteiger partial charge in [0.15, 0.2) is 0 Å². The van der Waals surface area contributed by atoms with Crippen LogP contribution in [0.3, 0.4) is 0 Å². The van der Waals surface area contributed by atoms with Gasteiger partial charge in [-0.1, -0.05) is 6.07 Å². The van der Waals surface area contributed by atoms with Crippen molar-refractivity contribution in [2.45, 2.75) is 0 Å². The summed E-state index contributed by atoms with van der Waals surface area (Å²) in [4.78, 5) is 15.6. The zero-order chi connectivity index (χ0) is 10.1. The Hall–Kier alpha value is -1.42. The zero-order valence-corrected chi connectivity index (χ0v) is 8.10. The van der Waals surface area contributed by atoms with E-state index in [1.165, 1.54) is 0 Å². The topological polar surface area (TPSA) is 45.2 Å². The van der Waals surface area contributed by atoms with Crippen LogP contribution in [0.4, 0.5) is 0 Å². The number of piperazine rings is 1. The zero-order valence-electron chi connectivity index (χ0n) is 8.10. The molecule has 0 spiro atoms. The van der Waals surface area contributed by atoms with Gasteiger partial charge in [-0.2, -0.15) is 0 Å². The van der Waals surface area contributed by atoms with Crippen LogP contribution in [0.1, 0.15) is 0 Å². The van der Waals surface area contributed by atoms with Crippen molar-refractivity contribution in [3.8, 4) is 0 Å². The molecule has 1 aromatic rings. The number of aromatic nitrogens is 1. The van der Waals surface area contributed by atoms with Gasteiger partial charge in [0, 0.05) is 38.6 Å². The number of pyridine rings is 1. The summed E-state index contributed by atoms with van der Waals surface area (Å²) in [5, 5.41) is 3.15. The van der Waals surface area contributed by atoms with Crippen molar-refractivity contribution < 1.29 is 4.79 Å². The lowest BCUT2D eigenvalue weighted by atomic mass is 10.4. The summed E-state index contributed by atoms with van der Waals surface area (Å²) < 4.78 is 0. The summed E-state index contributed by atoms with van der Waals surface area (Å²) in [6, 6.07) is 5.72. The van der Waals surface area contributed by atoms with Crippen LogP contribution in [0.15, 0.2) is 30.6 Å². The van der Waals surface area contributed by atoms with Gasteiger partial charge in [0.05, 0.1) is 0 Å². The molecule has 0 bridgehead atoms. The molecule has 0 aliphatic carbocycles. The molecule has 1 amide bonds. The molecule has 2 rings (SSSR count). The van der Waals surface area contributed by atoms with E-state index in [0.717, 1.165) is 32.6 Å². The van der Waals surface area contributed by atoms with Crippen LogP contribution in [0.2, 0.25) is 0 Å². The summed E-state index contributed by atoms with van der Waals surface area (Å²) in [7, 11) is 0. The van der Waals surface area contributed by atoms with Crippen LogP contribution in [0.25, 0.3) is 0 Å². The van der Waals surface area contributed by atoms with Crippen molar-refractivity contribution >= 4 is 6.41 Å². The van der Waals surface area contributed by atoms with Gasteiger partial charge in [0.1, 0.15) is 0 Å². The van der Waals surface area contributed by atoms with Crippen LogP contribution < -0.4 is 5.32 Å². The van der Waals surface area contributed by atoms with Crippen LogP contribution in [-0.2, 0) is 4.79 Å². The van der Waals surface area contributed by atoms with E-state index in [9.17, 15) is 4.79 Å². The number of hydrogen-bond acceptors (Lipinski definition) is 3. The van der Waals surface area contributed by atoms with Crippen LogP contribution in [0, 0.1) is 0 Å². The molecule has 1 aliphatic heterocycles. The highest BCUT2D eigenvalue weighted by Gasteiger charge is 2.04. The normalized spacial score (nSPS) is 15.3. The molecule has 4 heteroatoms. The fourth-order valence-electron chi connectivity index (χ4n) is 1.10. The predicted octanol–water partition coefficient (Wildman–Crippen LogP) is 0.130. The molecule has 0 atom stereocenters. The Bertz CT molecular complexity index is 208. The first kappa shape index (κ1) is 10.7. The number of carbonyl (C=O) groups is 1. The monoisotopic (exact) mass is 193 g/mol. The molecular formula is C10H15N3O. The maximum Gasteiger partial charge on any atom is 0.209 e. The minimum atomic E-state index is 0.865. The number of nitrogens with zero attached hydrogens (tertiary/aromatic N) is 2. The first-order chi connectivity index (χ1) is 6.93. The Balaban J connectivity index is 0.000000146. The third-order valence-corrected chi connectivity index (χ3v) is 1.87. The average molecular weight is 193 g/mol. The summed E-state index contributed by atoms with van der Waals surface area (Å²) >= 11 is 0. The van der Waals surface area contributed by atoms with Gasteiger partial charge in [-0.25, -0.2) is 0 Å². The first-order valence-corrected chi connectivity index (χ1v) is 4.68. The maximum absolute atomic E-state index is 10.1. The predicted molar refractivity (Wildman–Crippen MR) is 54.7 cm³/mol. The SMILES string of the molecule is O=CN1CCNCC1.c1ccncc1. The standard InChI is InChI=1S/C5H10N2O.C5H5N/c8-5-7-3-1-6-2-4-7;1-2-4-6-5-3-1/h5-6H,1-4H2;1-5H. The highest BCUT2D eigenvalue weighted by molar-refractivity contribution is 5.47. The number of hydrogen-bond donors (Lipinski definition) is 1. The van der Waals surface area contributed by atoms with Gasteiger partial charge in [-0.3, -0.25) is 9.78 Å². The minimum absolute atomic E-state index is 0.865. The molecule has 76 valence electrons. The highest BCUT2D eigenvalue weighted by atomic mass is 16.1. The van der Waals surface area contributed by atoms with E-state index in [0.29, 0.717) is 0 Å². The van der Waals surface area contributed by atoms with Crippen LogP contribution in [0.5, 0.6) is 0 Å². The van der Waals surface area contributed by atoms with E-state index in [1.807, 2.05) is 18.2 Å². The molecule has 1 aromatic heterocycles. The van der Waals surface area contributed by atoms with Crippen molar-refractivity contribution in [1.29, 1.82) is 0 Å². The van der Waals surface area contributed by atoms with E-state index in [-0.39, 0.29) is 0 Å². The van der Waals surface area contributed by atoms with Gasteiger partial charge in [0.2, 0.25) is 6.41 Å². The third-order valence-electron chi connectivity index (χ3n) is 1.87. The van der Waals surface area contributed by atoms with Gasteiger partial charge < -0.3 is 10.2 Å². The van der Waals surface area contributed by atoms with Crippen molar-refractivity contribution in [1.82, 2.24) is 15.2 Å². The van der Waals surface area contributed by atoms with Crippen LogP contribution >= 0.6 is 0 Å². The van der Waals surface area contributed by atoms with Gasteiger partial charge in [-0.15, -0.1) is 0 Å².